The molecule has 0 heterocycles. The zero-order valence-corrected chi connectivity index (χ0v) is 12.9. The van der Waals surface area contributed by atoms with Gasteiger partial charge >= 0.3 is 6.18 Å². The molecular formula is C18H16F3NO2. The minimum atomic E-state index is -4.41. The van der Waals surface area contributed by atoms with Crippen LogP contribution in [0.2, 0.25) is 0 Å². The fraction of sp³-hybridized carbons (Fsp3) is 0.278. The Bertz CT molecular complexity index is 758. The van der Waals surface area contributed by atoms with Gasteiger partial charge in [-0.3, -0.25) is 4.79 Å². The second-order valence-electron chi connectivity index (χ2n) is 5.72. The molecule has 0 aromatic heterocycles. The molecule has 3 nitrogen and oxygen atoms in total. The maximum Gasteiger partial charge on any atom is 0.416 e. The van der Waals surface area contributed by atoms with Gasteiger partial charge in [0.05, 0.1) is 18.4 Å². The van der Waals surface area contributed by atoms with Crippen LogP contribution in [0.5, 0.6) is 5.75 Å². The van der Waals surface area contributed by atoms with Crippen molar-refractivity contribution in [3.63, 3.8) is 0 Å². The third-order valence-corrected chi connectivity index (χ3v) is 4.16. The highest BCUT2D eigenvalue weighted by atomic mass is 19.4. The molecule has 1 fully saturated rings. The zero-order chi connectivity index (χ0) is 17.3. The molecule has 2 atom stereocenters. The lowest BCUT2D eigenvalue weighted by atomic mass is 10.0. The van der Waals surface area contributed by atoms with Gasteiger partial charge in [0.25, 0.3) is 0 Å². The number of nitrogens with one attached hydrogen (secondary N) is 1. The van der Waals surface area contributed by atoms with E-state index in [1.165, 1.54) is 19.2 Å². The molecule has 24 heavy (non-hydrogen) atoms. The van der Waals surface area contributed by atoms with Crippen molar-refractivity contribution in [2.45, 2.75) is 18.5 Å². The average molecular weight is 335 g/mol. The van der Waals surface area contributed by atoms with Crippen LogP contribution in [-0.4, -0.2) is 13.0 Å². The Morgan fingerprint density at radius 3 is 2.50 bits per heavy atom. The summed E-state index contributed by atoms with van der Waals surface area (Å²) in [5.74, 6) is -0.642. The maximum atomic E-state index is 13.1. The van der Waals surface area contributed by atoms with E-state index in [-0.39, 0.29) is 11.5 Å². The van der Waals surface area contributed by atoms with Gasteiger partial charge < -0.3 is 10.1 Å². The van der Waals surface area contributed by atoms with Crippen molar-refractivity contribution in [2.24, 2.45) is 5.92 Å². The molecule has 3 rings (SSSR count). The van der Waals surface area contributed by atoms with Gasteiger partial charge in [-0.25, -0.2) is 0 Å². The molecule has 1 aliphatic rings. The molecule has 2 aromatic carbocycles. The SMILES string of the molecule is COc1ccccc1NC(=O)C1CC1c1ccccc1C(F)(F)F. The summed E-state index contributed by atoms with van der Waals surface area (Å²) in [6.45, 7) is 0. The monoisotopic (exact) mass is 335 g/mol. The molecule has 0 radical (unpaired) electrons. The molecule has 0 spiro atoms. The zero-order valence-electron chi connectivity index (χ0n) is 12.9. The van der Waals surface area contributed by atoms with Crippen LogP contribution in [-0.2, 0) is 11.0 Å². The smallest absolute Gasteiger partial charge is 0.416 e. The van der Waals surface area contributed by atoms with Gasteiger partial charge in [0.15, 0.2) is 0 Å². The molecule has 2 aromatic rings. The standard InChI is InChI=1S/C18H16F3NO2/c1-24-16-9-5-4-8-15(16)22-17(23)13-10-12(13)11-6-2-3-7-14(11)18(19,20)21/h2-9,12-13H,10H2,1H3,(H,22,23). The first-order valence-corrected chi connectivity index (χ1v) is 7.52. The van der Waals surface area contributed by atoms with E-state index in [1.54, 1.807) is 30.3 Å². The van der Waals surface area contributed by atoms with Gasteiger partial charge in [0, 0.05) is 5.92 Å². The van der Waals surface area contributed by atoms with Crippen LogP contribution in [0.3, 0.4) is 0 Å². The third kappa shape index (κ3) is 3.22. The number of hydrogen-bond acceptors (Lipinski definition) is 2. The number of rotatable bonds is 4. The molecular weight excluding hydrogens is 319 g/mol. The van der Waals surface area contributed by atoms with E-state index < -0.39 is 23.6 Å². The van der Waals surface area contributed by atoms with Gasteiger partial charge in [-0.05, 0) is 36.1 Å². The van der Waals surface area contributed by atoms with E-state index in [4.69, 9.17) is 4.74 Å². The number of hydrogen-bond donors (Lipinski definition) is 1. The van der Waals surface area contributed by atoms with Crippen LogP contribution in [0, 0.1) is 5.92 Å². The first kappa shape index (κ1) is 16.4. The normalized spacial score (nSPS) is 19.7. The number of benzene rings is 2. The van der Waals surface area contributed by atoms with E-state index in [9.17, 15) is 18.0 Å². The fourth-order valence-electron chi connectivity index (χ4n) is 2.88. The summed E-state index contributed by atoms with van der Waals surface area (Å²) in [6, 6.07) is 12.4. The van der Waals surface area contributed by atoms with Crippen molar-refractivity contribution in [3.05, 3.63) is 59.7 Å². The third-order valence-electron chi connectivity index (χ3n) is 4.16. The maximum absolute atomic E-state index is 13.1. The molecule has 126 valence electrons. The fourth-order valence-corrected chi connectivity index (χ4v) is 2.88. The van der Waals surface area contributed by atoms with Gasteiger partial charge in [0.1, 0.15) is 5.75 Å². The number of anilines is 1. The molecule has 0 bridgehead atoms. The molecule has 1 N–H and O–H groups in total. The first-order valence-electron chi connectivity index (χ1n) is 7.52. The molecule has 0 aliphatic heterocycles. The Morgan fingerprint density at radius 1 is 1.12 bits per heavy atom. The van der Waals surface area contributed by atoms with Crippen LogP contribution in [0.1, 0.15) is 23.5 Å². The number of carbonyl (C=O) groups is 1. The number of halogens is 3. The highest BCUT2D eigenvalue weighted by molar-refractivity contribution is 5.96. The Labute approximate surface area is 137 Å². The topological polar surface area (TPSA) is 38.3 Å². The summed E-state index contributed by atoms with van der Waals surface area (Å²) in [5.41, 5.74) is 0.0347. The number of amides is 1. The van der Waals surface area contributed by atoms with Crippen molar-refractivity contribution in [1.29, 1.82) is 0 Å². The van der Waals surface area contributed by atoms with Crippen LogP contribution in [0.15, 0.2) is 48.5 Å². The van der Waals surface area contributed by atoms with Crippen molar-refractivity contribution in [2.75, 3.05) is 12.4 Å². The second kappa shape index (κ2) is 6.19. The molecule has 0 saturated heterocycles. The molecule has 1 amide bonds. The van der Waals surface area contributed by atoms with E-state index >= 15 is 0 Å². The molecule has 1 saturated carbocycles. The Kier molecular flexibility index (Phi) is 4.22. The summed E-state index contributed by atoms with van der Waals surface area (Å²) in [7, 11) is 1.49. The van der Waals surface area contributed by atoms with Crippen molar-refractivity contribution in [1.82, 2.24) is 0 Å². The molecule has 6 heteroatoms. The van der Waals surface area contributed by atoms with Crippen LogP contribution in [0.25, 0.3) is 0 Å². The van der Waals surface area contributed by atoms with E-state index in [0.29, 0.717) is 17.9 Å². The lowest BCUT2D eigenvalue weighted by Gasteiger charge is -2.13. The van der Waals surface area contributed by atoms with E-state index in [1.807, 2.05) is 0 Å². The Balaban J connectivity index is 1.75. The number of carbonyl (C=O) groups excluding carboxylic acids is 1. The minimum absolute atomic E-state index is 0.185. The van der Waals surface area contributed by atoms with Gasteiger partial charge in [-0.15, -0.1) is 0 Å². The Hall–Kier alpha value is -2.50. The largest absolute Gasteiger partial charge is 0.495 e. The van der Waals surface area contributed by atoms with Crippen molar-refractivity contribution in [3.8, 4) is 5.75 Å². The van der Waals surface area contributed by atoms with E-state index in [2.05, 4.69) is 5.32 Å². The Morgan fingerprint density at radius 2 is 1.79 bits per heavy atom. The number of methoxy groups -OCH3 is 1. The summed E-state index contributed by atoms with van der Waals surface area (Å²) >= 11 is 0. The molecule has 1 aliphatic carbocycles. The lowest BCUT2D eigenvalue weighted by Crippen LogP contribution is -2.16. The van der Waals surface area contributed by atoms with Crippen molar-refractivity contribution >= 4 is 11.6 Å². The van der Waals surface area contributed by atoms with Crippen LogP contribution < -0.4 is 10.1 Å². The van der Waals surface area contributed by atoms with Gasteiger partial charge in [-0.2, -0.15) is 13.2 Å². The van der Waals surface area contributed by atoms with Crippen LogP contribution >= 0.6 is 0 Å². The van der Waals surface area contributed by atoms with Gasteiger partial charge in [-0.1, -0.05) is 30.3 Å². The number of ether oxygens (including phenoxy) is 1. The van der Waals surface area contributed by atoms with Crippen LogP contribution in [0.4, 0.5) is 18.9 Å². The summed E-state index contributed by atoms with van der Waals surface area (Å²) in [5, 5.41) is 2.74. The quantitative estimate of drug-likeness (QED) is 0.896. The number of para-hydroxylation sites is 2. The summed E-state index contributed by atoms with van der Waals surface area (Å²) in [6.07, 6.45) is -4.00. The molecule has 2 unspecified atom stereocenters. The van der Waals surface area contributed by atoms with E-state index in [0.717, 1.165) is 6.07 Å². The average Bonchev–Trinajstić information content (AvgIpc) is 3.35. The predicted molar refractivity (Wildman–Crippen MR) is 83.9 cm³/mol. The predicted octanol–water partition coefficient (Wildman–Crippen LogP) is 4.46. The first-order chi connectivity index (χ1) is 11.4. The highest BCUT2D eigenvalue weighted by Crippen LogP contribution is 2.51. The highest BCUT2D eigenvalue weighted by Gasteiger charge is 2.47. The lowest BCUT2D eigenvalue weighted by molar-refractivity contribution is -0.138. The minimum Gasteiger partial charge on any atom is -0.495 e. The van der Waals surface area contributed by atoms with Crippen molar-refractivity contribution < 1.29 is 22.7 Å². The van der Waals surface area contributed by atoms with Gasteiger partial charge in [0.2, 0.25) is 5.91 Å². The number of alkyl halides is 3. The summed E-state index contributed by atoms with van der Waals surface area (Å²) < 4.78 is 44.4. The second-order valence-corrected chi connectivity index (χ2v) is 5.72. The summed E-state index contributed by atoms with van der Waals surface area (Å²) in [4.78, 5) is 12.3.